The quantitative estimate of drug-likeness (QED) is 0.801. The molecule has 1 aromatic rings. The van der Waals surface area contributed by atoms with Gasteiger partial charge in [-0.05, 0) is 37.3 Å². The second-order valence-corrected chi connectivity index (χ2v) is 5.57. The molecular formula is C15H17Cl2NO2. The molecule has 20 heavy (non-hydrogen) atoms. The van der Waals surface area contributed by atoms with Gasteiger partial charge < -0.3 is 9.47 Å². The summed E-state index contributed by atoms with van der Waals surface area (Å²) >= 11 is 12.1. The van der Waals surface area contributed by atoms with E-state index in [9.17, 15) is 5.26 Å². The summed E-state index contributed by atoms with van der Waals surface area (Å²) in [7, 11) is 0. The standard InChI is InChI=1S/C15H17Cl2NO2/c16-13-5-3-4-12(15(13)17)11(10-18)7-9-20-14-6-1-2-8-19-14/h3-5,11,14H,1-2,6-9H2. The molecular weight excluding hydrogens is 297 g/mol. The van der Waals surface area contributed by atoms with E-state index >= 15 is 0 Å². The zero-order valence-electron chi connectivity index (χ0n) is 11.1. The van der Waals surface area contributed by atoms with Crippen molar-refractivity contribution in [1.29, 1.82) is 5.26 Å². The van der Waals surface area contributed by atoms with Crippen molar-refractivity contribution in [1.82, 2.24) is 0 Å². The highest BCUT2D eigenvalue weighted by Gasteiger charge is 2.18. The SMILES string of the molecule is N#CC(CCOC1CCCCO1)c1cccc(Cl)c1Cl. The highest BCUT2D eigenvalue weighted by atomic mass is 35.5. The summed E-state index contributed by atoms with van der Waals surface area (Å²) in [6.07, 6.45) is 3.61. The number of halogens is 2. The summed E-state index contributed by atoms with van der Waals surface area (Å²) < 4.78 is 11.1. The third-order valence-electron chi connectivity index (χ3n) is 3.36. The van der Waals surface area contributed by atoms with E-state index in [1.54, 1.807) is 12.1 Å². The second kappa shape index (κ2) is 7.85. The van der Waals surface area contributed by atoms with Crippen LogP contribution >= 0.6 is 23.2 Å². The molecule has 0 N–H and O–H groups in total. The largest absolute Gasteiger partial charge is 0.353 e. The second-order valence-electron chi connectivity index (χ2n) is 4.78. The molecule has 0 aliphatic carbocycles. The number of hydrogen-bond donors (Lipinski definition) is 0. The Balaban J connectivity index is 1.89. The van der Waals surface area contributed by atoms with Gasteiger partial charge in [-0.3, -0.25) is 0 Å². The first-order chi connectivity index (χ1) is 9.72. The van der Waals surface area contributed by atoms with Gasteiger partial charge in [0.05, 0.1) is 28.6 Å². The highest BCUT2D eigenvalue weighted by Crippen LogP contribution is 2.32. The maximum absolute atomic E-state index is 9.29. The van der Waals surface area contributed by atoms with Gasteiger partial charge in [0.15, 0.2) is 6.29 Å². The molecule has 5 heteroatoms. The van der Waals surface area contributed by atoms with Crippen molar-refractivity contribution < 1.29 is 9.47 Å². The van der Waals surface area contributed by atoms with Crippen LogP contribution in [0.25, 0.3) is 0 Å². The minimum Gasteiger partial charge on any atom is -0.353 e. The van der Waals surface area contributed by atoms with Crippen molar-refractivity contribution >= 4 is 23.2 Å². The Morgan fingerprint density at radius 2 is 2.25 bits per heavy atom. The van der Waals surface area contributed by atoms with Crippen LogP contribution in [0.2, 0.25) is 10.0 Å². The van der Waals surface area contributed by atoms with Gasteiger partial charge in [-0.25, -0.2) is 0 Å². The Bertz CT molecular complexity index is 481. The Morgan fingerprint density at radius 3 is 2.95 bits per heavy atom. The lowest BCUT2D eigenvalue weighted by atomic mass is 9.97. The normalized spacial score (nSPS) is 20.4. The molecule has 0 saturated carbocycles. The summed E-state index contributed by atoms with van der Waals surface area (Å²) in [4.78, 5) is 0. The number of nitrogens with zero attached hydrogens (tertiary/aromatic N) is 1. The van der Waals surface area contributed by atoms with Crippen LogP contribution in [0.1, 0.15) is 37.2 Å². The molecule has 2 atom stereocenters. The fraction of sp³-hybridized carbons (Fsp3) is 0.533. The van der Waals surface area contributed by atoms with Crippen LogP contribution in [-0.2, 0) is 9.47 Å². The minimum absolute atomic E-state index is 0.127. The van der Waals surface area contributed by atoms with E-state index in [1.807, 2.05) is 6.07 Å². The fourth-order valence-electron chi connectivity index (χ4n) is 2.24. The predicted octanol–water partition coefficient (Wildman–Crippen LogP) is 4.53. The Kier molecular flexibility index (Phi) is 6.12. The van der Waals surface area contributed by atoms with Gasteiger partial charge in [-0.2, -0.15) is 5.26 Å². The van der Waals surface area contributed by atoms with E-state index < -0.39 is 0 Å². The van der Waals surface area contributed by atoms with Gasteiger partial charge in [-0.15, -0.1) is 0 Å². The molecule has 0 radical (unpaired) electrons. The molecule has 108 valence electrons. The van der Waals surface area contributed by atoms with E-state index in [1.165, 1.54) is 0 Å². The van der Waals surface area contributed by atoms with Crippen LogP contribution in [0.3, 0.4) is 0 Å². The fourth-order valence-corrected chi connectivity index (χ4v) is 2.68. The smallest absolute Gasteiger partial charge is 0.157 e. The molecule has 1 fully saturated rings. The minimum atomic E-state index is -0.315. The van der Waals surface area contributed by atoms with Crippen LogP contribution in [0.4, 0.5) is 0 Å². The monoisotopic (exact) mass is 313 g/mol. The molecule has 1 aliphatic rings. The molecule has 1 aromatic carbocycles. The molecule has 3 nitrogen and oxygen atoms in total. The molecule has 1 saturated heterocycles. The Morgan fingerprint density at radius 1 is 1.40 bits per heavy atom. The van der Waals surface area contributed by atoms with Crippen LogP contribution in [0.5, 0.6) is 0 Å². The van der Waals surface area contributed by atoms with Crippen LogP contribution in [0.15, 0.2) is 18.2 Å². The molecule has 2 rings (SSSR count). The third kappa shape index (κ3) is 4.10. The van der Waals surface area contributed by atoms with Crippen LogP contribution < -0.4 is 0 Å². The highest BCUT2D eigenvalue weighted by molar-refractivity contribution is 6.42. The summed E-state index contributed by atoms with van der Waals surface area (Å²) in [6.45, 7) is 1.23. The zero-order chi connectivity index (χ0) is 14.4. The summed E-state index contributed by atoms with van der Waals surface area (Å²) in [5.74, 6) is -0.315. The molecule has 2 unspecified atom stereocenters. The van der Waals surface area contributed by atoms with E-state index in [0.29, 0.717) is 23.1 Å². The third-order valence-corrected chi connectivity index (χ3v) is 4.19. The van der Waals surface area contributed by atoms with E-state index in [4.69, 9.17) is 32.7 Å². The van der Waals surface area contributed by atoms with Crippen molar-refractivity contribution in [3.8, 4) is 6.07 Å². The Hall–Kier alpha value is -0.790. The Labute approximate surface area is 129 Å². The lowest BCUT2D eigenvalue weighted by Crippen LogP contribution is -2.23. The molecule has 1 aliphatic heterocycles. The van der Waals surface area contributed by atoms with Crippen molar-refractivity contribution in [3.63, 3.8) is 0 Å². The number of hydrogen-bond acceptors (Lipinski definition) is 3. The van der Waals surface area contributed by atoms with Gasteiger partial charge in [-0.1, -0.05) is 35.3 Å². The summed E-state index contributed by atoms with van der Waals surface area (Å²) in [5, 5.41) is 10.2. The summed E-state index contributed by atoms with van der Waals surface area (Å²) in [6, 6.07) is 7.61. The number of benzene rings is 1. The predicted molar refractivity (Wildman–Crippen MR) is 79.0 cm³/mol. The molecule has 0 aromatic heterocycles. The summed E-state index contributed by atoms with van der Waals surface area (Å²) in [5.41, 5.74) is 0.759. The molecule has 0 spiro atoms. The van der Waals surface area contributed by atoms with Crippen LogP contribution in [-0.4, -0.2) is 19.5 Å². The molecule has 0 amide bonds. The maximum Gasteiger partial charge on any atom is 0.157 e. The number of rotatable bonds is 5. The van der Waals surface area contributed by atoms with E-state index in [0.717, 1.165) is 31.4 Å². The molecule has 1 heterocycles. The first-order valence-electron chi connectivity index (χ1n) is 6.79. The van der Waals surface area contributed by atoms with Crippen molar-refractivity contribution in [2.24, 2.45) is 0 Å². The number of nitriles is 1. The number of ether oxygens (including phenoxy) is 2. The van der Waals surface area contributed by atoms with Gasteiger partial charge in [0.1, 0.15) is 0 Å². The van der Waals surface area contributed by atoms with Crippen molar-refractivity contribution in [2.75, 3.05) is 13.2 Å². The topological polar surface area (TPSA) is 42.2 Å². The molecule has 0 bridgehead atoms. The zero-order valence-corrected chi connectivity index (χ0v) is 12.7. The van der Waals surface area contributed by atoms with Crippen molar-refractivity contribution in [2.45, 2.75) is 37.9 Å². The van der Waals surface area contributed by atoms with E-state index in [-0.39, 0.29) is 12.2 Å². The lowest BCUT2D eigenvalue weighted by Gasteiger charge is -2.23. The average molecular weight is 314 g/mol. The van der Waals surface area contributed by atoms with Gasteiger partial charge >= 0.3 is 0 Å². The first-order valence-corrected chi connectivity index (χ1v) is 7.54. The average Bonchev–Trinajstić information content (AvgIpc) is 2.48. The lowest BCUT2D eigenvalue weighted by molar-refractivity contribution is -0.162. The van der Waals surface area contributed by atoms with Gasteiger partial charge in [0.25, 0.3) is 0 Å². The van der Waals surface area contributed by atoms with Crippen molar-refractivity contribution in [3.05, 3.63) is 33.8 Å². The van der Waals surface area contributed by atoms with E-state index in [2.05, 4.69) is 6.07 Å². The maximum atomic E-state index is 9.29. The first kappa shape index (κ1) is 15.6. The van der Waals surface area contributed by atoms with Gasteiger partial charge in [0, 0.05) is 6.61 Å². The van der Waals surface area contributed by atoms with Crippen LogP contribution in [0, 0.1) is 11.3 Å². The van der Waals surface area contributed by atoms with Gasteiger partial charge in [0.2, 0.25) is 0 Å².